The van der Waals surface area contributed by atoms with Crippen molar-refractivity contribution in [2.75, 3.05) is 17.2 Å². The number of aromatic amines is 1. The van der Waals surface area contributed by atoms with Gasteiger partial charge in [0.15, 0.2) is 5.69 Å². The van der Waals surface area contributed by atoms with Crippen LogP contribution in [0.4, 0.5) is 11.5 Å². The molecular weight excluding hydrogens is 432 g/mol. The van der Waals surface area contributed by atoms with Gasteiger partial charge in [0.05, 0.1) is 8.66 Å². The molecule has 2 rings (SSSR count). The Morgan fingerprint density at radius 3 is 2.63 bits per heavy atom. The quantitative estimate of drug-likeness (QED) is 0.634. The van der Waals surface area contributed by atoms with Gasteiger partial charge in [0.1, 0.15) is 5.82 Å². The van der Waals surface area contributed by atoms with Crippen molar-refractivity contribution in [1.82, 2.24) is 9.55 Å². The van der Waals surface area contributed by atoms with Gasteiger partial charge in [-0.1, -0.05) is 27.2 Å². The number of carbonyl (C=O) groups excluding carboxylic acids is 1. The van der Waals surface area contributed by atoms with Crippen molar-refractivity contribution in [3.05, 3.63) is 41.6 Å². The van der Waals surface area contributed by atoms with Crippen molar-refractivity contribution in [3.8, 4) is 0 Å². The number of hydrogen-bond acceptors (Lipinski definition) is 5. The highest BCUT2D eigenvalue weighted by Gasteiger charge is 2.26. The van der Waals surface area contributed by atoms with Crippen LogP contribution in [0.15, 0.2) is 25.5 Å². The topological polar surface area (TPSA) is 101 Å². The Balaban J connectivity index is 2.56. The number of halogens is 1. The molecule has 2 aromatic rings. The van der Waals surface area contributed by atoms with Crippen LogP contribution in [0.1, 0.15) is 49.7 Å². The van der Waals surface area contributed by atoms with Crippen LogP contribution < -0.4 is 21.9 Å². The van der Waals surface area contributed by atoms with Gasteiger partial charge in [-0.2, -0.15) is 0 Å². The number of hydrogen-bond donors (Lipinski definition) is 2. The summed E-state index contributed by atoms with van der Waals surface area (Å²) in [6.07, 6.45) is 2.32. The molecule has 2 aromatic heterocycles. The summed E-state index contributed by atoms with van der Waals surface area (Å²) in [5, 5.41) is 0. The van der Waals surface area contributed by atoms with Crippen molar-refractivity contribution in [2.45, 2.75) is 46.6 Å². The average Bonchev–Trinajstić information content (AvgIpc) is 3.03. The Hall–Kier alpha value is -1.87. The van der Waals surface area contributed by atoms with Crippen molar-refractivity contribution >= 4 is 44.7 Å². The minimum absolute atomic E-state index is 0.0323. The van der Waals surface area contributed by atoms with Crippen LogP contribution in [0.2, 0.25) is 0 Å². The average molecular weight is 457 g/mol. The summed E-state index contributed by atoms with van der Waals surface area (Å²) in [6.45, 7) is 6.81. The molecule has 9 heteroatoms. The largest absolute Gasteiger partial charge is 0.383 e. The number of anilines is 2. The lowest BCUT2D eigenvalue weighted by Gasteiger charge is -2.24. The van der Waals surface area contributed by atoms with E-state index in [-0.39, 0.29) is 17.4 Å². The van der Waals surface area contributed by atoms with Gasteiger partial charge in [0.25, 0.3) is 11.5 Å². The Bertz CT molecular complexity index is 916. The van der Waals surface area contributed by atoms with Crippen LogP contribution in [-0.4, -0.2) is 22.0 Å². The molecule has 0 saturated carbocycles. The van der Waals surface area contributed by atoms with E-state index < -0.39 is 11.2 Å². The number of carbonyl (C=O) groups is 1. The molecule has 0 spiro atoms. The Morgan fingerprint density at radius 1 is 1.37 bits per heavy atom. The number of H-pyrrole nitrogens is 1. The third-order valence-corrected chi connectivity index (χ3v) is 5.79. The fourth-order valence-electron chi connectivity index (χ4n) is 2.64. The van der Waals surface area contributed by atoms with Gasteiger partial charge in [0.2, 0.25) is 0 Å². The van der Waals surface area contributed by atoms with E-state index in [4.69, 9.17) is 5.73 Å². The Labute approximate surface area is 170 Å². The van der Waals surface area contributed by atoms with Gasteiger partial charge in [-0.05, 0) is 46.8 Å². The Morgan fingerprint density at radius 2 is 2.07 bits per heavy atom. The summed E-state index contributed by atoms with van der Waals surface area (Å²) in [5.74, 6) is 0.0656. The van der Waals surface area contributed by atoms with E-state index in [2.05, 4.69) is 20.9 Å². The molecule has 0 aliphatic heterocycles. The molecule has 0 bridgehead atoms. The summed E-state index contributed by atoms with van der Waals surface area (Å²) in [4.78, 5) is 42.0. The number of amides is 1. The monoisotopic (exact) mass is 456 g/mol. The molecule has 0 aliphatic rings. The van der Waals surface area contributed by atoms with Crippen LogP contribution >= 0.6 is 27.3 Å². The fourth-order valence-corrected chi connectivity index (χ4v) is 3.98. The lowest BCUT2D eigenvalue weighted by atomic mass is 10.1. The zero-order valence-corrected chi connectivity index (χ0v) is 18.2. The van der Waals surface area contributed by atoms with E-state index >= 15 is 0 Å². The van der Waals surface area contributed by atoms with Crippen LogP contribution in [0.3, 0.4) is 0 Å². The number of aromatic nitrogens is 2. The first kappa shape index (κ1) is 21.4. The summed E-state index contributed by atoms with van der Waals surface area (Å²) in [5.41, 5.74) is 5.05. The molecule has 1 amide bonds. The summed E-state index contributed by atoms with van der Waals surface area (Å²) >= 11 is 4.65. The Kier molecular flexibility index (Phi) is 7.43. The van der Waals surface area contributed by atoms with E-state index in [0.717, 1.165) is 16.6 Å². The van der Waals surface area contributed by atoms with Gasteiger partial charge >= 0.3 is 5.69 Å². The highest BCUT2D eigenvalue weighted by atomic mass is 79.9. The van der Waals surface area contributed by atoms with Crippen molar-refractivity contribution in [3.63, 3.8) is 0 Å². The van der Waals surface area contributed by atoms with Gasteiger partial charge in [-0.3, -0.25) is 24.0 Å². The predicted molar refractivity (Wildman–Crippen MR) is 114 cm³/mol. The van der Waals surface area contributed by atoms with Gasteiger partial charge in [-0.15, -0.1) is 11.3 Å². The molecule has 7 nitrogen and oxygen atoms in total. The SMILES string of the molecule is CCCCn1c(N)c(N(CCC(C)C)C(=O)c2ccc(Br)s2)c(=O)[nH]c1=O. The zero-order chi connectivity index (χ0) is 20.1. The fraction of sp³-hybridized carbons (Fsp3) is 0.500. The number of rotatable bonds is 8. The van der Waals surface area contributed by atoms with E-state index in [9.17, 15) is 14.4 Å². The second-order valence-corrected chi connectivity index (χ2v) is 9.20. The third kappa shape index (κ3) is 5.10. The second-order valence-electron chi connectivity index (χ2n) is 6.74. The minimum Gasteiger partial charge on any atom is -0.383 e. The van der Waals surface area contributed by atoms with E-state index in [0.29, 0.717) is 30.3 Å². The molecular formula is C18H25BrN4O3S. The molecule has 0 atom stereocenters. The standard InChI is InChI=1S/C18H25BrN4O3S/c1-4-5-9-23-15(20)14(16(24)21-18(23)26)22(10-8-11(2)3)17(25)12-6-7-13(19)27-12/h6-7,11H,4-5,8-10,20H2,1-3H3,(H,21,24,26). The first-order valence-electron chi connectivity index (χ1n) is 8.96. The molecule has 0 saturated heterocycles. The molecule has 0 unspecified atom stereocenters. The number of nitrogens with zero attached hydrogens (tertiary/aromatic N) is 2. The molecule has 0 radical (unpaired) electrons. The molecule has 2 heterocycles. The second kappa shape index (κ2) is 9.36. The van der Waals surface area contributed by atoms with Crippen LogP contribution in [0, 0.1) is 5.92 Å². The van der Waals surface area contributed by atoms with Crippen molar-refractivity contribution in [1.29, 1.82) is 0 Å². The lowest BCUT2D eigenvalue weighted by Crippen LogP contribution is -2.41. The first-order chi connectivity index (χ1) is 12.8. The lowest BCUT2D eigenvalue weighted by molar-refractivity contribution is 0.0989. The zero-order valence-electron chi connectivity index (χ0n) is 15.8. The van der Waals surface area contributed by atoms with E-state index in [1.54, 1.807) is 12.1 Å². The number of unbranched alkanes of at least 4 members (excludes halogenated alkanes) is 1. The highest BCUT2D eigenvalue weighted by molar-refractivity contribution is 9.11. The molecule has 3 N–H and O–H groups in total. The van der Waals surface area contributed by atoms with Gasteiger partial charge < -0.3 is 5.73 Å². The number of nitrogen functional groups attached to an aromatic ring is 1. The van der Waals surface area contributed by atoms with E-state index in [1.807, 2.05) is 20.8 Å². The van der Waals surface area contributed by atoms with Gasteiger partial charge in [0, 0.05) is 13.1 Å². The first-order valence-corrected chi connectivity index (χ1v) is 10.6. The summed E-state index contributed by atoms with van der Waals surface area (Å²) in [7, 11) is 0. The molecule has 148 valence electrons. The van der Waals surface area contributed by atoms with Crippen molar-refractivity contribution < 1.29 is 4.79 Å². The number of nitrogens with one attached hydrogen (secondary N) is 1. The smallest absolute Gasteiger partial charge is 0.330 e. The third-order valence-electron chi connectivity index (χ3n) is 4.18. The minimum atomic E-state index is -0.641. The number of thiophene rings is 1. The van der Waals surface area contributed by atoms with Gasteiger partial charge in [-0.25, -0.2) is 4.79 Å². The normalized spacial score (nSPS) is 11.1. The maximum absolute atomic E-state index is 13.1. The van der Waals surface area contributed by atoms with Crippen LogP contribution in [-0.2, 0) is 6.54 Å². The summed E-state index contributed by atoms with van der Waals surface area (Å²) in [6, 6.07) is 3.49. The molecule has 0 aromatic carbocycles. The number of nitrogens with two attached hydrogens (primary N) is 1. The highest BCUT2D eigenvalue weighted by Crippen LogP contribution is 2.27. The maximum Gasteiger partial charge on any atom is 0.330 e. The van der Waals surface area contributed by atoms with Crippen LogP contribution in [0.25, 0.3) is 0 Å². The maximum atomic E-state index is 13.1. The molecule has 0 aliphatic carbocycles. The summed E-state index contributed by atoms with van der Waals surface area (Å²) < 4.78 is 2.16. The molecule has 27 heavy (non-hydrogen) atoms. The van der Waals surface area contributed by atoms with Crippen molar-refractivity contribution in [2.24, 2.45) is 5.92 Å². The van der Waals surface area contributed by atoms with E-state index in [1.165, 1.54) is 20.8 Å². The molecule has 0 fully saturated rings. The predicted octanol–water partition coefficient (Wildman–Crippen LogP) is 3.44. The van der Waals surface area contributed by atoms with Crippen LogP contribution in [0.5, 0.6) is 0 Å².